The Morgan fingerprint density at radius 1 is 0.846 bits per heavy atom. The van der Waals surface area contributed by atoms with Crippen molar-refractivity contribution in [3.05, 3.63) is 36.5 Å². The summed E-state index contributed by atoms with van der Waals surface area (Å²) in [5.41, 5.74) is 0. The highest BCUT2D eigenvalue weighted by atomic mass is 13.9. The van der Waals surface area contributed by atoms with E-state index in [9.17, 15) is 0 Å². The van der Waals surface area contributed by atoms with E-state index in [1.807, 2.05) is 6.92 Å². The summed E-state index contributed by atoms with van der Waals surface area (Å²) < 4.78 is 0. The lowest BCUT2D eigenvalue weighted by atomic mass is 10.2. The predicted molar refractivity (Wildman–Crippen MR) is 61.9 cm³/mol. The van der Waals surface area contributed by atoms with Gasteiger partial charge in [0.05, 0.1) is 0 Å². The summed E-state index contributed by atoms with van der Waals surface area (Å²) in [7, 11) is 0. The minimum Gasteiger partial charge on any atom is -0.0885 e. The molecule has 0 aliphatic carbocycles. The van der Waals surface area contributed by atoms with Gasteiger partial charge in [-0.15, -0.1) is 0 Å². The lowest BCUT2D eigenvalue weighted by Crippen LogP contribution is -1.69. The zero-order valence-electron chi connectivity index (χ0n) is 9.00. The first-order valence-electron chi connectivity index (χ1n) is 5.34. The van der Waals surface area contributed by atoms with Crippen molar-refractivity contribution in [2.45, 2.75) is 46.0 Å². The number of hydrogen-bond donors (Lipinski definition) is 0. The molecule has 0 heterocycles. The Morgan fingerprint density at radius 2 is 1.54 bits per heavy atom. The van der Waals surface area contributed by atoms with Crippen LogP contribution in [0.4, 0.5) is 0 Å². The Labute approximate surface area is 83.0 Å². The van der Waals surface area contributed by atoms with E-state index in [1.165, 1.54) is 32.1 Å². The molecule has 0 aromatic heterocycles. The van der Waals surface area contributed by atoms with Crippen LogP contribution < -0.4 is 0 Å². The molecule has 0 aromatic rings. The maximum absolute atomic E-state index is 2.30. The topological polar surface area (TPSA) is 0 Å². The van der Waals surface area contributed by atoms with Gasteiger partial charge in [0.1, 0.15) is 0 Å². The van der Waals surface area contributed by atoms with Crippen LogP contribution in [0.5, 0.6) is 0 Å². The van der Waals surface area contributed by atoms with Crippen LogP contribution >= 0.6 is 0 Å². The minimum atomic E-state index is 1.20. The van der Waals surface area contributed by atoms with Gasteiger partial charge in [0, 0.05) is 0 Å². The smallest absolute Gasteiger partial charge is 0.0345 e. The monoisotopic (exact) mass is 178 g/mol. The highest BCUT2D eigenvalue weighted by Crippen LogP contribution is 1.99. The average Bonchev–Trinajstić information content (AvgIpc) is 2.16. The zero-order chi connectivity index (χ0) is 9.78. The second-order valence-electron chi connectivity index (χ2n) is 3.14. The largest absolute Gasteiger partial charge is 0.0885 e. The second kappa shape index (κ2) is 11.2. The summed E-state index contributed by atoms with van der Waals surface area (Å²) in [5, 5.41) is 0. The van der Waals surface area contributed by atoms with Crippen molar-refractivity contribution in [3.63, 3.8) is 0 Å². The van der Waals surface area contributed by atoms with Gasteiger partial charge in [0.25, 0.3) is 0 Å². The fraction of sp³-hybridized carbons (Fsp3) is 0.538. The van der Waals surface area contributed by atoms with Gasteiger partial charge in [0.15, 0.2) is 0 Å². The standard InChI is InChI=1S/C13H22/c1-3-5-7-9-11-13-12-10-8-6-4-2/h3,5,7-10H,4,6,11-13H2,1-2H3. The van der Waals surface area contributed by atoms with Crippen LogP contribution in [0.2, 0.25) is 0 Å². The molecule has 0 amide bonds. The summed E-state index contributed by atoms with van der Waals surface area (Å²) in [6.07, 6.45) is 19.2. The van der Waals surface area contributed by atoms with Crippen molar-refractivity contribution in [1.82, 2.24) is 0 Å². The maximum Gasteiger partial charge on any atom is -0.0345 e. The molecule has 0 aliphatic rings. The lowest BCUT2D eigenvalue weighted by Gasteiger charge is -1.89. The Balaban J connectivity index is 3.16. The van der Waals surface area contributed by atoms with E-state index in [4.69, 9.17) is 0 Å². The molecule has 0 saturated carbocycles. The summed E-state index contributed by atoms with van der Waals surface area (Å²) in [6, 6.07) is 0. The molecule has 0 heteroatoms. The molecule has 0 aliphatic heterocycles. The zero-order valence-corrected chi connectivity index (χ0v) is 9.00. The Morgan fingerprint density at radius 3 is 2.23 bits per heavy atom. The maximum atomic E-state index is 2.30. The van der Waals surface area contributed by atoms with E-state index in [1.54, 1.807) is 0 Å². The molecule has 0 saturated heterocycles. The first kappa shape index (κ1) is 12.2. The van der Waals surface area contributed by atoms with Crippen molar-refractivity contribution in [2.24, 2.45) is 0 Å². The molecule has 0 N–H and O–H groups in total. The van der Waals surface area contributed by atoms with Gasteiger partial charge in [-0.25, -0.2) is 0 Å². The molecule has 0 atom stereocenters. The van der Waals surface area contributed by atoms with Crippen molar-refractivity contribution < 1.29 is 0 Å². The van der Waals surface area contributed by atoms with Gasteiger partial charge in [-0.3, -0.25) is 0 Å². The molecular weight excluding hydrogens is 156 g/mol. The van der Waals surface area contributed by atoms with Crippen LogP contribution in [0.3, 0.4) is 0 Å². The van der Waals surface area contributed by atoms with Gasteiger partial charge >= 0.3 is 0 Å². The lowest BCUT2D eigenvalue weighted by molar-refractivity contribution is 0.859. The number of rotatable bonds is 7. The third-order valence-corrected chi connectivity index (χ3v) is 1.80. The fourth-order valence-corrected chi connectivity index (χ4v) is 1.04. The minimum absolute atomic E-state index is 1.20. The van der Waals surface area contributed by atoms with E-state index in [2.05, 4.69) is 43.4 Å². The molecule has 0 aromatic carbocycles. The molecule has 0 rings (SSSR count). The highest BCUT2D eigenvalue weighted by molar-refractivity contribution is 5.00. The molecule has 0 radical (unpaired) electrons. The Hall–Kier alpha value is -0.780. The molecule has 0 nitrogen and oxygen atoms in total. The SMILES string of the molecule is CC=CC=CCCCC=CCCC. The van der Waals surface area contributed by atoms with Gasteiger partial charge < -0.3 is 0 Å². The van der Waals surface area contributed by atoms with Crippen LogP contribution in [0.1, 0.15) is 46.0 Å². The van der Waals surface area contributed by atoms with Crippen molar-refractivity contribution in [1.29, 1.82) is 0 Å². The van der Waals surface area contributed by atoms with E-state index < -0.39 is 0 Å². The Bertz CT molecular complexity index is 161. The van der Waals surface area contributed by atoms with Gasteiger partial charge in [-0.2, -0.15) is 0 Å². The fourth-order valence-electron chi connectivity index (χ4n) is 1.04. The van der Waals surface area contributed by atoms with Gasteiger partial charge in [-0.1, -0.05) is 49.8 Å². The molecule has 74 valence electrons. The van der Waals surface area contributed by atoms with E-state index in [0.29, 0.717) is 0 Å². The molecule has 0 spiro atoms. The van der Waals surface area contributed by atoms with Crippen molar-refractivity contribution in [3.8, 4) is 0 Å². The van der Waals surface area contributed by atoms with Crippen LogP contribution in [-0.2, 0) is 0 Å². The van der Waals surface area contributed by atoms with Crippen molar-refractivity contribution >= 4 is 0 Å². The van der Waals surface area contributed by atoms with E-state index >= 15 is 0 Å². The van der Waals surface area contributed by atoms with Crippen LogP contribution in [0, 0.1) is 0 Å². The summed E-state index contributed by atoms with van der Waals surface area (Å²) in [4.78, 5) is 0. The van der Waals surface area contributed by atoms with Gasteiger partial charge in [-0.05, 0) is 32.6 Å². The molecular formula is C13H22. The van der Waals surface area contributed by atoms with Crippen molar-refractivity contribution in [2.75, 3.05) is 0 Å². The van der Waals surface area contributed by atoms with Crippen LogP contribution in [0.15, 0.2) is 36.5 Å². The quantitative estimate of drug-likeness (QED) is 0.302. The second-order valence-corrected chi connectivity index (χ2v) is 3.14. The summed E-state index contributed by atoms with van der Waals surface area (Å²) in [5.74, 6) is 0. The van der Waals surface area contributed by atoms with Crippen LogP contribution in [-0.4, -0.2) is 0 Å². The van der Waals surface area contributed by atoms with E-state index in [-0.39, 0.29) is 0 Å². The molecule has 0 fully saturated rings. The molecule has 0 unspecified atom stereocenters. The predicted octanol–water partition coefficient (Wildman–Crippen LogP) is 4.65. The molecule has 0 bridgehead atoms. The van der Waals surface area contributed by atoms with E-state index in [0.717, 1.165) is 0 Å². The normalized spacial score (nSPS) is 12.5. The first-order valence-corrected chi connectivity index (χ1v) is 5.34. The number of allylic oxidation sites excluding steroid dienone is 6. The number of hydrogen-bond acceptors (Lipinski definition) is 0. The summed E-state index contributed by atoms with van der Waals surface area (Å²) >= 11 is 0. The Kier molecular flexibility index (Phi) is 10.5. The third-order valence-electron chi connectivity index (χ3n) is 1.80. The summed E-state index contributed by atoms with van der Waals surface area (Å²) in [6.45, 7) is 4.25. The first-order chi connectivity index (χ1) is 6.41. The average molecular weight is 178 g/mol. The molecule has 13 heavy (non-hydrogen) atoms. The number of unbranched alkanes of at least 4 members (excludes halogenated alkanes) is 3. The third kappa shape index (κ3) is 11.2. The van der Waals surface area contributed by atoms with Crippen LogP contribution in [0.25, 0.3) is 0 Å². The highest BCUT2D eigenvalue weighted by Gasteiger charge is 1.79. The van der Waals surface area contributed by atoms with Gasteiger partial charge in [0.2, 0.25) is 0 Å².